The molecule has 0 aromatic heterocycles. The minimum Gasteiger partial charge on any atom is -0.355 e. The highest BCUT2D eigenvalue weighted by Crippen LogP contribution is 2.27. The molecule has 2 rings (SSSR count). The Morgan fingerprint density at radius 2 is 1.81 bits per heavy atom. The molecule has 0 radical (unpaired) electrons. The molecule has 7 nitrogen and oxygen atoms in total. The van der Waals surface area contributed by atoms with Gasteiger partial charge >= 0.3 is 0 Å². The molecule has 1 aromatic rings. The number of carbonyl (C=O) groups excluding carboxylic acids is 2. The molecule has 0 aliphatic carbocycles. The predicted molar refractivity (Wildman–Crippen MR) is 104 cm³/mol. The Kier molecular flexibility index (Phi) is 7.64. The molecule has 1 aromatic carbocycles. The Labute approximate surface area is 165 Å². The molecule has 1 aliphatic rings. The quantitative estimate of drug-likeness (QED) is 0.744. The molecule has 1 aliphatic heterocycles. The first-order valence-electron chi connectivity index (χ1n) is 9.15. The lowest BCUT2D eigenvalue weighted by atomic mass is 10.2. The van der Waals surface area contributed by atoms with Crippen molar-refractivity contribution in [2.75, 3.05) is 19.6 Å². The van der Waals surface area contributed by atoms with Gasteiger partial charge in [0, 0.05) is 25.2 Å². The highest BCUT2D eigenvalue weighted by Gasteiger charge is 2.28. The predicted octanol–water partition coefficient (Wildman–Crippen LogP) is 2.16. The molecule has 2 N–H and O–H groups in total. The first-order valence-corrected chi connectivity index (χ1v) is 11.0. The second kappa shape index (κ2) is 9.52. The number of nitrogens with one attached hydrogen (secondary N) is 2. The second-order valence-corrected chi connectivity index (χ2v) is 8.87. The maximum atomic E-state index is 13.0. The molecule has 27 heavy (non-hydrogen) atoms. The van der Waals surface area contributed by atoms with Crippen LogP contribution >= 0.6 is 11.6 Å². The molecule has 9 heteroatoms. The van der Waals surface area contributed by atoms with Crippen LogP contribution in [0, 0.1) is 0 Å². The monoisotopic (exact) mass is 415 g/mol. The first-order chi connectivity index (χ1) is 12.8. The van der Waals surface area contributed by atoms with E-state index in [-0.39, 0.29) is 21.4 Å². The normalized spacial score (nSPS) is 17.0. The number of likely N-dealkylation sites (N-methyl/N-ethyl adjacent to an activating group) is 1. The minimum atomic E-state index is -3.78. The van der Waals surface area contributed by atoms with Crippen molar-refractivity contribution in [3.05, 3.63) is 28.8 Å². The number of rotatable bonds is 6. The van der Waals surface area contributed by atoms with Crippen LogP contribution in [-0.2, 0) is 14.8 Å². The van der Waals surface area contributed by atoms with Crippen molar-refractivity contribution in [3.63, 3.8) is 0 Å². The van der Waals surface area contributed by atoms with Crippen molar-refractivity contribution < 1.29 is 18.0 Å². The van der Waals surface area contributed by atoms with Crippen molar-refractivity contribution in [1.29, 1.82) is 0 Å². The summed E-state index contributed by atoms with van der Waals surface area (Å²) in [5, 5.41) is 5.26. The molecule has 1 fully saturated rings. The fraction of sp³-hybridized carbons (Fsp3) is 0.556. The summed E-state index contributed by atoms with van der Waals surface area (Å²) in [6.45, 7) is 4.70. The summed E-state index contributed by atoms with van der Waals surface area (Å²) in [7, 11) is -3.78. The lowest BCUT2D eigenvalue weighted by Gasteiger charge is -2.21. The van der Waals surface area contributed by atoms with Gasteiger partial charge in [-0.05, 0) is 44.9 Å². The van der Waals surface area contributed by atoms with Crippen LogP contribution in [0.1, 0.15) is 49.9 Å². The molecular formula is C18H26ClN3O4S. The number of hydrogen-bond acceptors (Lipinski definition) is 4. The molecule has 1 atom stereocenters. The SMILES string of the molecule is CCNC(=O)[C@H](C)NC(=O)c1ccc(Cl)c(S(=O)(=O)N2CCCCCC2)c1. The number of hydrogen-bond donors (Lipinski definition) is 2. The van der Waals surface area contributed by atoms with E-state index in [0.717, 1.165) is 25.7 Å². The average Bonchev–Trinajstić information content (AvgIpc) is 2.92. The summed E-state index contributed by atoms with van der Waals surface area (Å²) in [6, 6.07) is 3.39. The Morgan fingerprint density at radius 3 is 2.41 bits per heavy atom. The van der Waals surface area contributed by atoms with E-state index < -0.39 is 22.0 Å². The molecule has 0 saturated carbocycles. The third kappa shape index (κ3) is 5.43. The fourth-order valence-electron chi connectivity index (χ4n) is 2.94. The zero-order valence-electron chi connectivity index (χ0n) is 15.6. The van der Waals surface area contributed by atoms with Crippen molar-refractivity contribution in [2.45, 2.75) is 50.5 Å². The highest BCUT2D eigenvalue weighted by atomic mass is 35.5. The molecular weight excluding hydrogens is 390 g/mol. The number of benzene rings is 1. The van der Waals surface area contributed by atoms with E-state index in [0.29, 0.717) is 19.6 Å². The van der Waals surface area contributed by atoms with Crippen LogP contribution in [0.4, 0.5) is 0 Å². The van der Waals surface area contributed by atoms with Crippen LogP contribution in [0.3, 0.4) is 0 Å². The van der Waals surface area contributed by atoms with Gasteiger partial charge in [-0.1, -0.05) is 24.4 Å². The van der Waals surface area contributed by atoms with Gasteiger partial charge in [-0.15, -0.1) is 0 Å². The van der Waals surface area contributed by atoms with E-state index in [1.54, 1.807) is 13.8 Å². The van der Waals surface area contributed by atoms with E-state index in [2.05, 4.69) is 10.6 Å². The van der Waals surface area contributed by atoms with Gasteiger partial charge in [0.1, 0.15) is 10.9 Å². The van der Waals surface area contributed by atoms with Crippen LogP contribution in [0.15, 0.2) is 23.1 Å². The molecule has 2 amide bonds. The Bertz CT molecular complexity index is 790. The molecule has 0 unspecified atom stereocenters. The number of carbonyl (C=O) groups is 2. The summed E-state index contributed by atoms with van der Waals surface area (Å²) < 4.78 is 27.4. The van der Waals surface area contributed by atoms with Gasteiger partial charge in [0.2, 0.25) is 15.9 Å². The lowest BCUT2D eigenvalue weighted by Crippen LogP contribution is -2.44. The van der Waals surface area contributed by atoms with E-state index in [9.17, 15) is 18.0 Å². The third-order valence-electron chi connectivity index (χ3n) is 4.47. The number of nitrogens with zero attached hydrogens (tertiary/aromatic N) is 1. The van der Waals surface area contributed by atoms with Crippen molar-refractivity contribution in [1.82, 2.24) is 14.9 Å². The Hall–Kier alpha value is -1.64. The van der Waals surface area contributed by atoms with Crippen LogP contribution in [0.5, 0.6) is 0 Å². The van der Waals surface area contributed by atoms with Gasteiger partial charge in [-0.2, -0.15) is 4.31 Å². The van der Waals surface area contributed by atoms with Crippen molar-refractivity contribution in [3.8, 4) is 0 Å². The van der Waals surface area contributed by atoms with Gasteiger partial charge in [-0.25, -0.2) is 8.42 Å². The molecule has 150 valence electrons. The number of halogens is 1. The second-order valence-electron chi connectivity index (χ2n) is 6.55. The van der Waals surface area contributed by atoms with Crippen LogP contribution in [-0.4, -0.2) is 50.2 Å². The number of amides is 2. The molecule has 1 heterocycles. The van der Waals surface area contributed by atoms with Crippen molar-refractivity contribution >= 4 is 33.4 Å². The maximum absolute atomic E-state index is 13.0. The van der Waals surface area contributed by atoms with Gasteiger partial charge in [0.05, 0.1) is 5.02 Å². The van der Waals surface area contributed by atoms with Gasteiger partial charge < -0.3 is 10.6 Å². The van der Waals surface area contributed by atoms with Crippen LogP contribution in [0.2, 0.25) is 5.02 Å². The Balaban J connectivity index is 2.24. The minimum absolute atomic E-state index is 0.0765. The topological polar surface area (TPSA) is 95.6 Å². The van der Waals surface area contributed by atoms with Gasteiger partial charge in [-0.3, -0.25) is 9.59 Å². The summed E-state index contributed by atoms with van der Waals surface area (Å²) in [5.41, 5.74) is 0.143. The fourth-order valence-corrected chi connectivity index (χ4v) is 4.95. The van der Waals surface area contributed by atoms with E-state index >= 15 is 0 Å². The first kappa shape index (κ1) is 21.7. The highest BCUT2D eigenvalue weighted by molar-refractivity contribution is 7.89. The molecule has 1 saturated heterocycles. The summed E-state index contributed by atoms with van der Waals surface area (Å²) in [4.78, 5) is 24.1. The molecule has 0 spiro atoms. The summed E-state index contributed by atoms with van der Waals surface area (Å²) >= 11 is 6.14. The van der Waals surface area contributed by atoms with E-state index in [1.165, 1.54) is 22.5 Å². The maximum Gasteiger partial charge on any atom is 0.251 e. The largest absolute Gasteiger partial charge is 0.355 e. The van der Waals surface area contributed by atoms with Crippen LogP contribution in [0.25, 0.3) is 0 Å². The smallest absolute Gasteiger partial charge is 0.251 e. The summed E-state index contributed by atoms with van der Waals surface area (Å²) in [6.07, 6.45) is 3.61. The summed E-state index contributed by atoms with van der Waals surface area (Å²) in [5.74, 6) is -0.838. The zero-order valence-corrected chi connectivity index (χ0v) is 17.2. The van der Waals surface area contributed by atoms with E-state index in [1.807, 2.05) is 0 Å². The Morgan fingerprint density at radius 1 is 1.19 bits per heavy atom. The zero-order chi connectivity index (χ0) is 20.0. The number of sulfonamides is 1. The lowest BCUT2D eigenvalue weighted by molar-refractivity contribution is -0.122. The van der Waals surface area contributed by atoms with E-state index in [4.69, 9.17) is 11.6 Å². The third-order valence-corrected chi connectivity index (χ3v) is 6.85. The van der Waals surface area contributed by atoms with Gasteiger partial charge in [0.25, 0.3) is 5.91 Å². The standard InChI is InChI=1S/C18H26ClN3O4S/c1-3-20-17(23)13(2)21-18(24)14-8-9-15(19)16(12-14)27(25,26)22-10-6-4-5-7-11-22/h8-9,12-13H,3-7,10-11H2,1-2H3,(H,20,23)(H,21,24)/t13-/m0/s1. The average molecular weight is 416 g/mol. The molecule has 0 bridgehead atoms. The van der Waals surface area contributed by atoms with Crippen LogP contribution < -0.4 is 10.6 Å². The van der Waals surface area contributed by atoms with Gasteiger partial charge in [0.15, 0.2) is 0 Å². The van der Waals surface area contributed by atoms with Crippen molar-refractivity contribution in [2.24, 2.45) is 0 Å².